The average molecular weight is 1300 g/mol. The Morgan fingerprint density at radius 1 is 0.235 bits per heavy atom. The molecule has 0 aliphatic carbocycles. The van der Waals surface area contributed by atoms with Crippen molar-refractivity contribution in [2.75, 3.05) is 19.6 Å². The number of rotatable bonds is 10. The maximum Gasteiger partial charge on any atom is 0.248 e. The number of anilines is 12. The second kappa shape index (κ2) is 22.7. The number of aryl methyl sites for hydroxylation is 8. The van der Waals surface area contributed by atoms with E-state index in [1.165, 1.54) is 177 Å². The molecule has 0 unspecified atom stereocenters. The third-order valence-electron chi connectivity index (χ3n) is 22.7. The molecular formula is C96H72B2N4. The SMILES string of the molecule is Cc1cc(C)c(-c2cc3c4c(cc5c(-c6c(C)cc(C)cc6C)cc6c7c(cc2c4c57)B2c4ccc(C)cc4N(c4ccccc4)c4cc(N(c5ccccc5)c5ccccc5)cc-6c42)B2c4ccc(N(c5ccccc5)c5ccccc5)cc4N(c4ccccc4)c4cc(C)cc-3c42)c(C)c1. The van der Waals surface area contributed by atoms with E-state index < -0.39 is 0 Å². The lowest BCUT2D eigenvalue weighted by Crippen LogP contribution is -2.60. The van der Waals surface area contributed by atoms with Crippen LogP contribution in [-0.2, 0) is 0 Å². The third kappa shape index (κ3) is 8.85. The third-order valence-corrected chi connectivity index (χ3v) is 22.7. The molecule has 0 radical (unpaired) electrons. The molecule has 0 fully saturated rings. The summed E-state index contributed by atoms with van der Waals surface area (Å²) in [5.41, 5.74) is 42.0. The Labute approximate surface area is 598 Å². The minimum atomic E-state index is -0.139. The van der Waals surface area contributed by atoms with Crippen LogP contribution >= 0.6 is 0 Å². The maximum atomic E-state index is 2.72. The molecule has 6 heteroatoms. The Balaban J connectivity index is 0.980. The van der Waals surface area contributed by atoms with Crippen molar-refractivity contribution in [1.82, 2.24) is 0 Å². The number of benzene rings is 16. The van der Waals surface area contributed by atoms with Crippen LogP contribution in [0.3, 0.4) is 0 Å². The predicted octanol–water partition coefficient (Wildman–Crippen LogP) is 21.9. The van der Waals surface area contributed by atoms with Crippen LogP contribution in [0.4, 0.5) is 68.2 Å². The molecule has 20 rings (SSSR count). The monoisotopic (exact) mass is 1300 g/mol. The molecule has 0 N–H and O–H groups in total. The highest BCUT2D eigenvalue weighted by Crippen LogP contribution is 2.55. The van der Waals surface area contributed by atoms with Crippen LogP contribution in [0.15, 0.2) is 291 Å². The van der Waals surface area contributed by atoms with E-state index in [2.05, 4.69) is 366 Å². The van der Waals surface area contributed by atoms with E-state index in [1.807, 2.05) is 0 Å². The zero-order valence-electron chi connectivity index (χ0n) is 58.7. The summed E-state index contributed by atoms with van der Waals surface area (Å²) in [7, 11) is 0. The summed E-state index contributed by atoms with van der Waals surface area (Å²) in [6.07, 6.45) is 0. The van der Waals surface area contributed by atoms with Gasteiger partial charge < -0.3 is 19.6 Å². The highest BCUT2D eigenvalue weighted by atomic mass is 15.2. The van der Waals surface area contributed by atoms with E-state index in [0.717, 1.165) is 45.5 Å². The van der Waals surface area contributed by atoms with Crippen molar-refractivity contribution in [3.05, 3.63) is 336 Å². The van der Waals surface area contributed by atoms with Crippen LogP contribution in [0.5, 0.6) is 0 Å². The van der Waals surface area contributed by atoms with Crippen molar-refractivity contribution in [1.29, 1.82) is 0 Å². The van der Waals surface area contributed by atoms with Crippen molar-refractivity contribution in [2.24, 2.45) is 0 Å². The first-order valence-corrected chi connectivity index (χ1v) is 36.0. The molecule has 4 heterocycles. The highest BCUT2D eigenvalue weighted by molar-refractivity contribution is 7.02. The van der Waals surface area contributed by atoms with Gasteiger partial charge in [-0.2, -0.15) is 0 Å². The quantitative estimate of drug-likeness (QED) is 0.0999. The van der Waals surface area contributed by atoms with Crippen LogP contribution in [0.2, 0.25) is 0 Å². The van der Waals surface area contributed by atoms with Gasteiger partial charge in [0.15, 0.2) is 0 Å². The standard InChI is InChI=1S/C96H72B2N4/c1-57-39-41-81-85(48-57)101(69-35-23-13-24-36-69)88-52-72(100(67-31-19-11-20-32-67)68-33-21-12-22-34-68)50-80-76-54-74(90-63(7)45-59(3)46-64(90)8)78-55-83-91-75(53-73(89-61(5)43-58(2)44-62(89)6)77-56-84(97(81)96(80)88)92(76)94(78)93(77)91)79-47-60(4)49-87-95(79)98(83)82-42-40-71(51-86(82)102(87)70-37-25-14-26-38-70)99(65-27-15-9-16-28-65)66-29-17-10-18-30-66/h9-56H,1-8H3. The second-order valence-electron chi connectivity index (χ2n) is 29.2. The van der Waals surface area contributed by atoms with Gasteiger partial charge in [-0.05, 0) is 309 Å². The normalized spacial score (nSPS) is 12.8. The van der Waals surface area contributed by atoms with Crippen LogP contribution < -0.4 is 52.4 Å². The molecule has 482 valence electrons. The van der Waals surface area contributed by atoms with E-state index >= 15 is 0 Å². The molecule has 0 aromatic heterocycles. The van der Waals surface area contributed by atoms with Gasteiger partial charge in [0.25, 0.3) is 0 Å². The Bertz CT molecular complexity index is 6050. The maximum absolute atomic E-state index is 2.72. The topological polar surface area (TPSA) is 13.0 Å². The van der Waals surface area contributed by atoms with Crippen LogP contribution in [0, 0.1) is 55.4 Å². The van der Waals surface area contributed by atoms with Gasteiger partial charge in [-0.3, -0.25) is 0 Å². The smallest absolute Gasteiger partial charge is 0.248 e. The van der Waals surface area contributed by atoms with Crippen LogP contribution in [0.25, 0.3) is 76.8 Å². The van der Waals surface area contributed by atoms with Gasteiger partial charge in [-0.15, -0.1) is 0 Å². The fourth-order valence-electron chi connectivity index (χ4n) is 19.1. The molecule has 4 nitrogen and oxygen atoms in total. The second-order valence-corrected chi connectivity index (χ2v) is 29.2. The summed E-state index contributed by atoms with van der Waals surface area (Å²) >= 11 is 0. The van der Waals surface area contributed by atoms with Crippen LogP contribution in [-0.4, -0.2) is 13.4 Å². The predicted molar refractivity (Wildman–Crippen MR) is 438 cm³/mol. The molecule has 0 atom stereocenters. The summed E-state index contributed by atoms with van der Waals surface area (Å²) in [5, 5.41) is 7.96. The summed E-state index contributed by atoms with van der Waals surface area (Å²) in [6.45, 7) is 18.2. The van der Waals surface area contributed by atoms with E-state index in [4.69, 9.17) is 0 Å². The minimum Gasteiger partial charge on any atom is -0.311 e. The Morgan fingerprint density at radius 3 is 1.03 bits per heavy atom. The van der Waals surface area contributed by atoms with Gasteiger partial charge >= 0.3 is 0 Å². The minimum absolute atomic E-state index is 0.130. The van der Waals surface area contributed by atoms with Crippen molar-refractivity contribution in [2.45, 2.75) is 55.4 Å². The largest absolute Gasteiger partial charge is 0.311 e. The number of nitrogens with zero attached hydrogens (tertiary/aromatic N) is 4. The van der Waals surface area contributed by atoms with E-state index in [-0.39, 0.29) is 13.4 Å². The number of hydrogen-bond acceptors (Lipinski definition) is 4. The summed E-state index contributed by atoms with van der Waals surface area (Å²) in [6, 6.07) is 111. The van der Waals surface area contributed by atoms with E-state index in [0.29, 0.717) is 0 Å². The first-order chi connectivity index (χ1) is 49.9. The molecule has 4 aliphatic heterocycles. The van der Waals surface area contributed by atoms with E-state index in [1.54, 1.807) is 0 Å². The van der Waals surface area contributed by atoms with Crippen molar-refractivity contribution in [3.63, 3.8) is 0 Å². The lowest BCUT2D eigenvalue weighted by atomic mass is 9.31. The number of fused-ring (bicyclic) bond motifs is 8. The Hall–Kier alpha value is -12.1. The molecule has 102 heavy (non-hydrogen) atoms. The highest BCUT2D eigenvalue weighted by Gasteiger charge is 2.47. The average Bonchev–Trinajstić information content (AvgIpc) is 0.662. The first kappa shape index (κ1) is 59.9. The molecule has 4 aliphatic rings. The van der Waals surface area contributed by atoms with Crippen molar-refractivity contribution < 1.29 is 0 Å². The summed E-state index contributed by atoms with van der Waals surface area (Å²) in [4.78, 5) is 10.1. The summed E-state index contributed by atoms with van der Waals surface area (Å²) < 4.78 is 0. The number of para-hydroxylation sites is 6. The zero-order chi connectivity index (χ0) is 68.5. The van der Waals surface area contributed by atoms with Crippen LogP contribution in [0.1, 0.15) is 44.5 Å². The molecule has 0 saturated carbocycles. The van der Waals surface area contributed by atoms with Crippen molar-refractivity contribution >= 4 is 147 Å². The number of hydrogen-bond donors (Lipinski definition) is 0. The summed E-state index contributed by atoms with van der Waals surface area (Å²) in [5.74, 6) is 0. The van der Waals surface area contributed by atoms with Gasteiger partial charge in [0.2, 0.25) is 13.4 Å². The van der Waals surface area contributed by atoms with Crippen molar-refractivity contribution in [3.8, 4) is 44.5 Å². The lowest BCUT2D eigenvalue weighted by Gasteiger charge is -2.43. The molecule has 0 bridgehead atoms. The lowest BCUT2D eigenvalue weighted by molar-refractivity contribution is 1.25. The molecule has 0 spiro atoms. The molecule has 0 amide bonds. The van der Waals surface area contributed by atoms with Gasteiger partial charge in [-0.1, -0.05) is 192 Å². The molecule has 16 aromatic rings. The fourth-order valence-corrected chi connectivity index (χ4v) is 19.1. The Morgan fingerprint density at radius 2 is 0.588 bits per heavy atom. The fraction of sp³-hybridized carbons (Fsp3) is 0.0833. The van der Waals surface area contributed by atoms with Gasteiger partial charge in [-0.25, -0.2) is 0 Å². The molecular weight excluding hydrogens is 1230 g/mol. The Kier molecular flexibility index (Phi) is 13.3. The van der Waals surface area contributed by atoms with Gasteiger partial charge in [0, 0.05) is 68.2 Å². The van der Waals surface area contributed by atoms with E-state index in [9.17, 15) is 0 Å². The van der Waals surface area contributed by atoms with Gasteiger partial charge in [0.1, 0.15) is 0 Å². The first-order valence-electron chi connectivity index (χ1n) is 36.0. The molecule has 0 saturated heterocycles. The zero-order valence-corrected chi connectivity index (χ0v) is 58.7. The van der Waals surface area contributed by atoms with Gasteiger partial charge in [0.05, 0.1) is 0 Å². The molecule has 16 aromatic carbocycles.